The number of halogens is 3. The summed E-state index contributed by atoms with van der Waals surface area (Å²) in [6.45, 7) is 0.579. The third-order valence-corrected chi connectivity index (χ3v) is 6.66. The third-order valence-electron chi connectivity index (χ3n) is 5.29. The van der Waals surface area contributed by atoms with Gasteiger partial charge in [-0.1, -0.05) is 6.07 Å². The van der Waals surface area contributed by atoms with Crippen LogP contribution in [0.4, 0.5) is 36.3 Å². The zero-order valence-corrected chi connectivity index (χ0v) is 17.8. The number of aromatic nitrogens is 2. The molecule has 0 spiro atoms. The minimum Gasteiger partial charge on any atom is -0.352 e. The van der Waals surface area contributed by atoms with E-state index in [0.717, 1.165) is 18.2 Å². The van der Waals surface area contributed by atoms with Crippen molar-refractivity contribution in [2.75, 3.05) is 28.8 Å². The van der Waals surface area contributed by atoms with Gasteiger partial charge >= 0.3 is 6.18 Å². The number of hydrogen-bond donors (Lipinski definition) is 4. The van der Waals surface area contributed by atoms with E-state index in [-0.39, 0.29) is 18.3 Å². The van der Waals surface area contributed by atoms with Crippen LogP contribution in [0.1, 0.15) is 24.0 Å². The molecular formula is C19H21F3N6O3S. The average molecular weight is 470 g/mol. The van der Waals surface area contributed by atoms with Gasteiger partial charge in [-0.25, -0.2) is 13.4 Å². The summed E-state index contributed by atoms with van der Waals surface area (Å²) in [4.78, 5) is 19.2. The van der Waals surface area contributed by atoms with Crippen molar-refractivity contribution in [3.05, 3.63) is 35.5 Å². The molecule has 9 nitrogen and oxygen atoms in total. The first-order valence-corrected chi connectivity index (χ1v) is 11.8. The van der Waals surface area contributed by atoms with Gasteiger partial charge in [0.25, 0.3) is 0 Å². The molecule has 13 heteroatoms. The second-order valence-electron chi connectivity index (χ2n) is 7.77. The Morgan fingerprint density at radius 1 is 1.28 bits per heavy atom. The first kappa shape index (κ1) is 22.3. The lowest BCUT2D eigenvalue weighted by atomic mass is 10.1. The summed E-state index contributed by atoms with van der Waals surface area (Å²) in [5, 5.41) is 9.70. The number of fused-ring (bicyclic) bond motifs is 1. The van der Waals surface area contributed by atoms with Gasteiger partial charge in [0.1, 0.15) is 16.8 Å². The summed E-state index contributed by atoms with van der Waals surface area (Å²) < 4.78 is 65.4. The van der Waals surface area contributed by atoms with Crippen LogP contribution >= 0.6 is 0 Å². The molecule has 1 unspecified atom stereocenters. The summed E-state index contributed by atoms with van der Waals surface area (Å²) in [5.41, 5.74) is 0.677. The first-order valence-electron chi connectivity index (χ1n) is 9.83. The maximum absolute atomic E-state index is 13.6. The van der Waals surface area contributed by atoms with Gasteiger partial charge in [0.15, 0.2) is 9.84 Å². The Hall–Kier alpha value is -2.93. The molecule has 1 aromatic carbocycles. The highest BCUT2D eigenvalue weighted by Gasteiger charge is 2.39. The molecule has 0 saturated carbocycles. The number of benzene rings is 1. The van der Waals surface area contributed by atoms with Gasteiger partial charge in [-0.15, -0.1) is 0 Å². The molecule has 32 heavy (non-hydrogen) atoms. The summed E-state index contributed by atoms with van der Waals surface area (Å²) in [6, 6.07) is 4.44. The van der Waals surface area contributed by atoms with E-state index in [1.54, 1.807) is 18.2 Å². The number of anilines is 4. The molecule has 2 atom stereocenters. The quantitative estimate of drug-likeness (QED) is 0.507. The molecule has 4 rings (SSSR count). The smallest absolute Gasteiger partial charge is 0.352 e. The molecule has 0 bridgehead atoms. The zero-order valence-electron chi connectivity index (χ0n) is 17.0. The summed E-state index contributed by atoms with van der Waals surface area (Å²) in [5.74, 6) is -0.938. The highest BCUT2D eigenvalue weighted by molar-refractivity contribution is 7.91. The van der Waals surface area contributed by atoms with Crippen molar-refractivity contribution in [2.24, 2.45) is 0 Å². The van der Waals surface area contributed by atoms with Crippen LogP contribution in [0.15, 0.2) is 24.4 Å². The molecule has 2 aliphatic rings. The molecular weight excluding hydrogens is 449 g/mol. The first-order chi connectivity index (χ1) is 15.0. The highest BCUT2D eigenvalue weighted by Crippen LogP contribution is 2.35. The Labute approximate surface area is 182 Å². The number of carbonyl (C=O) groups excluding carboxylic acids is 1. The van der Waals surface area contributed by atoms with E-state index in [2.05, 4.69) is 31.2 Å². The minimum absolute atomic E-state index is 0.151. The van der Waals surface area contributed by atoms with E-state index in [9.17, 15) is 26.4 Å². The number of rotatable bonds is 6. The largest absolute Gasteiger partial charge is 0.421 e. The van der Waals surface area contributed by atoms with Crippen molar-refractivity contribution < 1.29 is 26.4 Å². The zero-order chi connectivity index (χ0) is 23.1. The monoisotopic (exact) mass is 470 g/mol. The van der Waals surface area contributed by atoms with Crippen molar-refractivity contribution in [1.82, 2.24) is 15.3 Å². The lowest BCUT2D eigenvalue weighted by Gasteiger charge is -2.25. The SMILES string of the molecule is CS(=O)(=O)[C@@H](Nc1nc(Nc2ccc3c(c2)NC(=O)C3)ncc1C(F)(F)F)C1CCCN1. The van der Waals surface area contributed by atoms with Gasteiger partial charge in [0, 0.05) is 29.9 Å². The van der Waals surface area contributed by atoms with Gasteiger partial charge in [0.2, 0.25) is 11.9 Å². The minimum atomic E-state index is -4.79. The van der Waals surface area contributed by atoms with Crippen LogP contribution < -0.4 is 21.3 Å². The standard InChI is InChI=1S/C19H21F3N6O3S/c1-32(30,31)17(13-3-2-6-23-13)27-16-12(19(20,21)22)9-24-18(28-16)25-11-5-4-10-7-15(29)26-14(10)8-11/h4-5,8-9,13,17,23H,2-3,6-7H2,1H3,(H,26,29)(H2,24,25,27,28)/t13?,17-/m1/s1. The van der Waals surface area contributed by atoms with Crippen molar-refractivity contribution >= 4 is 38.9 Å². The van der Waals surface area contributed by atoms with E-state index in [4.69, 9.17) is 0 Å². The van der Waals surface area contributed by atoms with Gasteiger partial charge in [-0.05, 0) is 37.1 Å². The predicted octanol–water partition coefficient (Wildman–Crippen LogP) is 2.27. The fraction of sp³-hybridized carbons (Fsp3) is 0.421. The van der Waals surface area contributed by atoms with Crippen LogP contribution in [0.25, 0.3) is 0 Å². The number of sulfone groups is 1. The van der Waals surface area contributed by atoms with Crippen molar-refractivity contribution in [1.29, 1.82) is 0 Å². The van der Waals surface area contributed by atoms with E-state index >= 15 is 0 Å². The molecule has 1 saturated heterocycles. The molecule has 1 aromatic heterocycles. The fourth-order valence-electron chi connectivity index (χ4n) is 3.79. The van der Waals surface area contributed by atoms with Gasteiger partial charge in [-0.3, -0.25) is 4.79 Å². The molecule has 0 aliphatic carbocycles. The summed E-state index contributed by atoms with van der Waals surface area (Å²) in [7, 11) is -3.75. The second-order valence-corrected chi connectivity index (χ2v) is 9.94. The summed E-state index contributed by atoms with van der Waals surface area (Å²) >= 11 is 0. The van der Waals surface area contributed by atoms with Crippen molar-refractivity contribution in [3.8, 4) is 0 Å². The number of amides is 1. The Morgan fingerprint density at radius 2 is 2.06 bits per heavy atom. The molecule has 2 aliphatic heterocycles. The lowest BCUT2D eigenvalue weighted by molar-refractivity contribution is -0.137. The van der Waals surface area contributed by atoms with E-state index in [1.165, 1.54) is 0 Å². The fourth-order valence-corrected chi connectivity index (χ4v) is 4.95. The molecule has 4 N–H and O–H groups in total. The third kappa shape index (κ3) is 4.78. The normalized spacial score (nSPS) is 19.4. The molecule has 2 aromatic rings. The molecule has 1 amide bonds. The maximum atomic E-state index is 13.6. The number of alkyl halides is 3. The van der Waals surface area contributed by atoms with Crippen molar-refractivity contribution in [3.63, 3.8) is 0 Å². The van der Waals surface area contributed by atoms with Crippen molar-refractivity contribution in [2.45, 2.75) is 36.9 Å². The molecule has 172 valence electrons. The van der Waals surface area contributed by atoms with Crippen LogP contribution in [0, 0.1) is 0 Å². The summed E-state index contributed by atoms with van der Waals surface area (Å²) in [6.07, 6.45) is -1.74. The second kappa shape index (κ2) is 8.20. The van der Waals surface area contributed by atoms with Crippen LogP contribution in [-0.2, 0) is 27.2 Å². The van der Waals surface area contributed by atoms with Gasteiger partial charge < -0.3 is 21.3 Å². The van der Waals surface area contributed by atoms with E-state index in [0.29, 0.717) is 30.5 Å². The molecule has 3 heterocycles. The Balaban J connectivity index is 1.65. The van der Waals surface area contributed by atoms with Gasteiger partial charge in [-0.2, -0.15) is 18.2 Å². The van der Waals surface area contributed by atoms with Gasteiger partial charge in [0.05, 0.1) is 6.42 Å². The lowest BCUT2D eigenvalue weighted by Crippen LogP contribution is -2.45. The van der Waals surface area contributed by atoms with Crippen LogP contribution in [0.5, 0.6) is 0 Å². The number of hydrogen-bond acceptors (Lipinski definition) is 8. The molecule has 0 radical (unpaired) electrons. The average Bonchev–Trinajstić information content (AvgIpc) is 3.32. The Kier molecular flexibility index (Phi) is 5.71. The predicted molar refractivity (Wildman–Crippen MR) is 112 cm³/mol. The Bertz CT molecular complexity index is 1150. The van der Waals surface area contributed by atoms with E-state index < -0.39 is 38.8 Å². The van der Waals surface area contributed by atoms with Crippen LogP contribution in [0.3, 0.4) is 0 Å². The number of nitrogens with zero attached hydrogens (tertiary/aromatic N) is 2. The Morgan fingerprint density at radius 3 is 2.72 bits per heavy atom. The topological polar surface area (TPSA) is 125 Å². The highest BCUT2D eigenvalue weighted by atomic mass is 32.2. The van der Waals surface area contributed by atoms with Crippen LogP contribution in [-0.4, -0.2) is 48.5 Å². The maximum Gasteiger partial charge on any atom is 0.421 e. The number of nitrogens with one attached hydrogen (secondary N) is 4. The van der Waals surface area contributed by atoms with E-state index in [1.807, 2.05) is 0 Å². The number of carbonyl (C=O) groups is 1. The molecule has 1 fully saturated rings. The van der Waals surface area contributed by atoms with Crippen LogP contribution in [0.2, 0.25) is 0 Å².